The molecule has 0 amide bonds. The Bertz CT molecular complexity index is 1210. The zero-order valence-corrected chi connectivity index (χ0v) is 22.9. The molecule has 5 heteroatoms. The Morgan fingerprint density at radius 1 is 0.821 bits per heavy atom. The predicted octanol–water partition coefficient (Wildman–Crippen LogP) is 7.73. The number of ether oxygens (including phenoxy) is 2. The van der Waals surface area contributed by atoms with Gasteiger partial charge < -0.3 is 14.6 Å². The van der Waals surface area contributed by atoms with Crippen molar-refractivity contribution < 1.29 is 19.4 Å². The third kappa shape index (κ3) is 7.62. The summed E-state index contributed by atoms with van der Waals surface area (Å²) in [5.74, 6) is 0.730. The van der Waals surface area contributed by atoms with Crippen molar-refractivity contribution in [2.75, 3.05) is 12.9 Å². The molecule has 0 radical (unpaired) electrons. The zero-order valence-electron chi connectivity index (χ0n) is 22.1. The number of aliphatic carboxylic acids is 1. The van der Waals surface area contributed by atoms with E-state index >= 15 is 0 Å². The lowest BCUT2D eigenvalue weighted by molar-refractivity contribution is -0.139. The maximum Gasteiger partial charge on any atom is 0.306 e. The molecule has 0 heterocycles. The van der Waals surface area contributed by atoms with Crippen LogP contribution >= 0.6 is 11.8 Å². The fourth-order valence-corrected chi connectivity index (χ4v) is 6.04. The Balaban J connectivity index is 1.49. The molecule has 0 spiro atoms. The first kappa shape index (κ1) is 28.2. The molecule has 0 unspecified atom stereocenters. The summed E-state index contributed by atoms with van der Waals surface area (Å²) < 4.78 is 10.8. The SMILES string of the molecule is COc1ccc(CO[C@@H](/C=C/CCSC(c2ccccc2)(c2ccccc2)c2ccccc2)CC(=O)O)cc1. The van der Waals surface area contributed by atoms with E-state index in [1.165, 1.54) is 16.7 Å². The van der Waals surface area contributed by atoms with Crippen LogP contribution < -0.4 is 4.74 Å². The van der Waals surface area contributed by atoms with E-state index in [4.69, 9.17) is 9.47 Å². The summed E-state index contributed by atoms with van der Waals surface area (Å²) in [7, 11) is 1.63. The van der Waals surface area contributed by atoms with Crippen molar-refractivity contribution in [3.63, 3.8) is 0 Å². The van der Waals surface area contributed by atoms with Gasteiger partial charge in [-0.15, -0.1) is 11.8 Å². The fourth-order valence-electron chi connectivity index (χ4n) is 4.58. The molecule has 0 aliphatic heterocycles. The van der Waals surface area contributed by atoms with E-state index in [1.54, 1.807) is 7.11 Å². The van der Waals surface area contributed by atoms with E-state index in [1.807, 2.05) is 66.4 Å². The van der Waals surface area contributed by atoms with Gasteiger partial charge in [0, 0.05) is 0 Å². The minimum atomic E-state index is -0.884. The quantitative estimate of drug-likeness (QED) is 0.101. The highest BCUT2D eigenvalue weighted by Crippen LogP contribution is 2.48. The second kappa shape index (κ2) is 14.4. The first-order valence-corrected chi connectivity index (χ1v) is 14.0. The largest absolute Gasteiger partial charge is 0.497 e. The van der Waals surface area contributed by atoms with Gasteiger partial charge in [-0.3, -0.25) is 4.79 Å². The molecule has 4 nitrogen and oxygen atoms in total. The summed E-state index contributed by atoms with van der Waals surface area (Å²) in [6.07, 6.45) is 4.12. The molecule has 0 aromatic heterocycles. The smallest absolute Gasteiger partial charge is 0.306 e. The Labute approximate surface area is 235 Å². The third-order valence-corrected chi connectivity index (χ3v) is 8.07. The van der Waals surface area contributed by atoms with Crippen molar-refractivity contribution >= 4 is 17.7 Å². The lowest BCUT2D eigenvalue weighted by Crippen LogP contribution is -2.26. The third-order valence-electron chi connectivity index (χ3n) is 6.49. The van der Waals surface area contributed by atoms with Crippen LogP contribution in [0.3, 0.4) is 0 Å². The molecule has 4 rings (SSSR count). The Hall–Kier alpha value is -3.80. The Morgan fingerprint density at radius 3 is 1.79 bits per heavy atom. The van der Waals surface area contributed by atoms with Crippen LogP contribution in [0, 0.1) is 0 Å². The van der Waals surface area contributed by atoms with Crippen LogP contribution in [-0.4, -0.2) is 30.0 Å². The number of carbonyl (C=O) groups is 1. The molecule has 0 saturated carbocycles. The molecule has 0 bridgehead atoms. The molecule has 0 aliphatic carbocycles. The zero-order chi connectivity index (χ0) is 27.3. The summed E-state index contributed by atoms with van der Waals surface area (Å²) in [6.45, 7) is 0.333. The number of hydrogen-bond donors (Lipinski definition) is 1. The monoisotopic (exact) mass is 538 g/mol. The highest BCUT2D eigenvalue weighted by atomic mass is 32.2. The number of allylic oxidation sites excluding steroid dienone is 1. The average molecular weight is 539 g/mol. The van der Waals surface area contributed by atoms with Crippen molar-refractivity contribution in [1.29, 1.82) is 0 Å². The molecular weight excluding hydrogens is 504 g/mol. The van der Waals surface area contributed by atoms with Crippen LogP contribution in [0.5, 0.6) is 5.75 Å². The fraction of sp³-hybridized carbons (Fsp3) is 0.206. The van der Waals surface area contributed by atoms with E-state index in [9.17, 15) is 9.90 Å². The summed E-state index contributed by atoms with van der Waals surface area (Å²) in [5, 5.41) is 9.40. The maximum atomic E-state index is 11.5. The average Bonchev–Trinajstić information content (AvgIpc) is 2.99. The van der Waals surface area contributed by atoms with Gasteiger partial charge in [-0.2, -0.15) is 0 Å². The van der Waals surface area contributed by atoms with Crippen molar-refractivity contribution in [2.45, 2.75) is 30.3 Å². The molecule has 1 atom stereocenters. The number of methoxy groups -OCH3 is 1. The number of carboxylic acids is 1. The van der Waals surface area contributed by atoms with Crippen LogP contribution in [0.1, 0.15) is 35.1 Å². The maximum absolute atomic E-state index is 11.5. The lowest BCUT2D eigenvalue weighted by atomic mass is 9.84. The van der Waals surface area contributed by atoms with E-state index < -0.39 is 12.1 Å². The Kier molecular flexibility index (Phi) is 10.4. The lowest BCUT2D eigenvalue weighted by Gasteiger charge is -2.35. The molecule has 200 valence electrons. The number of thioether (sulfide) groups is 1. The minimum absolute atomic E-state index is 0.0816. The second-order valence-electron chi connectivity index (χ2n) is 9.14. The van der Waals surface area contributed by atoms with Gasteiger partial charge in [-0.25, -0.2) is 0 Å². The van der Waals surface area contributed by atoms with Gasteiger partial charge in [0.1, 0.15) is 5.75 Å². The molecule has 1 N–H and O–H groups in total. The van der Waals surface area contributed by atoms with E-state index in [2.05, 4.69) is 72.8 Å². The van der Waals surface area contributed by atoms with Crippen molar-refractivity contribution in [3.05, 3.63) is 150 Å². The van der Waals surface area contributed by atoms with Gasteiger partial charge in [0.05, 0.1) is 31.0 Å². The van der Waals surface area contributed by atoms with Gasteiger partial charge in [0.2, 0.25) is 0 Å². The first-order chi connectivity index (χ1) is 19.1. The summed E-state index contributed by atoms with van der Waals surface area (Å²) in [6, 6.07) is 39.4. The van der Waals surface area contributed by atoms with E-state index in [0.717, 1.165) is 23.5 Å². The first-order valence-electron chi connectivity index (χ1n) is 13.1. The second-order valence-corrected chi connectivity index (χ2v) is 10.4. The molecule has 0 aliphatic rings. The summed E-state index contributed by atoms with van der Waals surface area (Å²) in [4.78, 5) is 11.5. The molecule has 4 aromatic carbocycles. The van der Waals surface area contributed by atoms with Gasteiger partial charge in [0.25, 0.3) is 0 Å². The number of hydrogen-bond acceptors (Lipinski definition) is 4. The predicted molar refractivity (Wildman–Crippen MR) is 159 cm³/mol. The van der Waals surface area contributed by atoms with Gasteiger partial charge in [-0.1, -0.05) is 115 Å². The van der Waals surface area contributed by atoms with Gasteiger partial charge in [-0.05, 0) is 46.6 Å². The molecule has 4 aromatic rings. The highest BCUT2D eigenvalue weighted by molar-refractivity contribution is 8.00. The van der Waals surface area contributed by atoms with Gasteiger partial charge >= 0.3 is 5.97 Å². The van der Waals surface area contributed by atoms with Crippen molar-refractivity contribution in [1.82, 2.24) is 0 Å². The molecular formula is C34H34O4S. The number of carboxylic acid groups (broad SMARTS) is 1. The van der Waals surface area contributed by atoms with Crippen molar-refractivity contribution in [3.8, 4) is 5.75 Å². The molecule has 0 saturated heterocycles. The van der Waals surface area contributed by atoms with Crippen molar-refractivity contribution in [2.24, 2.45) is 0 Å². The minimum Gasteiger partial charge on any atom is -0.497 e. The standard InChI is InChI=1S/C34H34O4S/c1-37-31-22-20-27(21-23-31)26-38-32(25-33(35)36)19-11-12-24-39-34(28-13-5-2-6-14-28,29-15-7-3-8-16-29)30-17-9-4-10-18-30/h2-11,13-23,32H,12,24-26H2,1H3,(H,35,36)/b19-11+/t32-/m0/s1. The van der Waals surface area contributed by atoms with Crippen LogP contribution in [0.25, 0.3) is 0 Å². The van der Waals surface area contributed by atoms with E-state index in [0.29, 0.717) is 6.61 Å². The summed E-state index contributed by atoms with van der Waals surface area (Å²) >= 11 is 1.89. The Morgan fingerprint density at radius 2 is 1.33 bits per heavy atom. The van der Waals surface area contributed by atoms with Crippen LogP contribution in [0.4, 0.5) is 0 Å². The summed E-state index contributed by atoms with van der Waals surface area (Å²) in [5.41, 5.74) is 4.64. The molecule has 39 heavy (non-hydrogen) atoms. The number of benzene rings is 4. The number of rotatable bonds is 14. The topological polar surface area (TPSA) is 55.8 Å². The van der Waals surface area contributed by atoms with Crippen LogP contribution in [0.2, 0.25) is 0 Å². The highest BCUT2D eigenvalue weighted by Gasteiger charge is 2.36. The van der Waals surface area contributed by atoms with Gasteiger partial charge in [0.15, 0.2) is 0 Å². The molecule has 0 fully saturated rings. The van der Waals surface area contributed by atoms with Crippen LogP contribution in [-0.2, 0) is 20.9 Å². The van der Waals surface area contributed by atoms with Crippen LogP contribution in [0.15, 0.2) is 127 Å². The normalized spacial score (nSPS) is 12.3. The van der Waals surface area contributed by atoms with E-state index in [-0.39, 0.29) is 11.2 Å².